The second-order valence-electron chi connectivity index (χ2n) is 5.43. The number of aromatic nitrogens is 3. The SMILES string of the molecule is CCC1(n2c(CCCl)nc3ccc(OC)nc32)CCC1. The molecule has 2 aromatic heterocycles. The van der Waals surface area contributed by atoms with Crippen molar-refractivity contribution in [3.63, 3.8) is 0 Å². The van der Waals surface area contributed by atoms with Crippen LogP contribution < -0.4 is 4.74 Å². The van der Waals surface area contributed by atoms with Gasteiger partial charge in [0.2, 0.25) is 5.88 Å². The molecule has 5 heteroatoms. The summed E-state index contributed by atoms with van der Waals surface area (Å²) in [6.45, 7) is 2.25. The average Bonchev–Trinajstić information content (AvgIpc) is 2.77. The summed E-state index contributed by atoms with van der Waals surface area (Å²) in [6.07, 6.45) is 5.55. The molecule has 1 fully saturated rings. The van der Waals surface area contributed by atoms with E-state index in [0.717, 1.165) is 29.8 Å². The molecule has 0 aliphatic heterocycles. The Labute approximate surface area is 124 Å². The van der Waals surface area contributed by atoms with Crippen LogP contribution in [0.2, 0.25) is 0 Å². The Bertz CT molecular complexity index is 613. The molecule has 2 aromatic rings. The molecule has 0 saturated heterocycles. The molecule has 108 valence electrons. The highest BCUT2D eigenvalue weighted by Gasteiger charge is 2.40. The molecule has 1 aliphatic carbocycles. The van der Waals surface area contributed by atoms with Gasteiger partial charge in [0.05, 0.1) is 7.11 Å². The van der Waals surface area contributed by atoms with Crippen LogP contribution in [0.25, 0.3) is 11.2 Å². The second-order valence-corrected chi connectivity index (χ2v) is 5.81. The first kappa shape index (κ1) is 13.7. The maximum absolute atomic E-state index is 5.95. The third-order valence-electron chi connectivity index (χ3n) is 4.49. The Balaban J connectivity index is 2.21. The molecule has 0 aromatic carbocycles. The van der Waals surface area contributed by atoms with Crippen LogP contribution in [0.4, 0.5) is 0 Å². The van der Waals surface area contributed by atoms with E-state index >= 15 is 0 Å². The van der Waals surface area contributed by atoms with Gasteiger partial charge in [-0.25, -0.2) is 4.98 Å². The van der Waals surface area contributed by atoms with Gasteiger partial charge in [0, 0.05) is 23.9 Å². The Morgan fingerprint density at radius 3 is 2.70 bits per heavy atom. The minimum Gasteiger partial charge on any atom is -0.481 e. The van der Waals surface area contributed by atoms with Crippen LogP contribution in [-0.4, -0.2) is 27.5 Å². The average molecular weight is 294 g/mol. The Morgan fingerprint density at radius 2 is 2.15 bits per heavy atom. The molecule has 0 atom stereocenters. The lowest BCUT2D eigenvalue weighted by molar-refractivity contribution is 0.137. The highest BCUT2D eigenvalue weighted by atomic mass is 35.5. The van der Waals surface area contributed by atoms with Gasteiger partial charge in [-0.3, -0.25) is 0 Å². The number of pyridine rings is 1. The summed E-state index contributed by atoms with van der Waals surface area (Å²) >= 11 is 5.95. The molecule has 0 bridgehead atoms. The van der Waals surface area contributed by atoms with Gasteiger partial charge < -0.3 is 9.30 Å². The smallest absolute Gasteiger partial charge is 0.215 e. The van der Waals surface area contributed by atoms with Gasteiger partial charge >= 0.3 is 0 Å². The summed E-state index contributed by atoms with van der Waals surface area (Å²) in [5.41, 5.74) is 2.05. The van der Waals surface area contributed by atoms with E-state index in [2.05, 4.69) is 16.5 Å². The number of imidazole rings is 1. The molecule has 20 heavy (non-hydrogen) atoms. The normalized spacial score (nSPS) is 17.1. The summed E-state index contributed by atoms with van der Waals surface area (Å²) in [5, 5.41) is 0. The molecular formula is C15H20ClN3O. The van der Waals surface area contributed by atoms with E-state index in [1.807, 2.05) is 12.1 Å². The lowest BCUT2D eigenvalue weighted by Gasteiger charge is -2.43. The zero-order valence-corrected chi connectivity index (χ0v) is 12.8. The summed E-state index contributed by atoms with van der Waals surface area (Å²) in [7, 11) is 1.65. The second kappa shape index (κ2) is 5.24. The lowest BCUT2D eigenvalue weighted by atomic mass is 9.74. The fraction of sp³-hybridized carbons (Fsp3) is 0.600. The Morgan fingerprint density at radius 1 is 1.35 bits per heavy atom. The Hall–Kier alpha value is -1.29. The molecule has 0 N–H and O–H groups in total. The van der Waals surface area contributed by atoms with E-state index in [1.165, 1.54) is 19.3 Å². The van der Waals surface area contributed by atoms with Crippen molar-refractivity contribution in [1.29, 1.82) is 0 Å². The van der Waals surface area contributed by atoms with Gasteiger partial charge in [0.1, 0.15) is 11.3 Å². The number of hydrogen-bond donors (Lipinski definition) is 0. The molecular weight excluding hydrogens is 274 g/mol. The first-order valence-electron chi connectivity index (χ1n) is 7.23. The van der Waals surface area contributed by atoms with Crippen molar-refractivity contribution in [1.82, 2.24) is 14.5 Å². The zero-order valence-electron chi connectivity index (χ0n) is 12.0. The number of hydrogen-bond acceptors (Lipinski definition) is 3. The van der Waals surface area contributed by atoms with Crippen molar-refractivity contribution in [3.8, 4) is 5.88 Å². The van der Waals surface area contributed by atoms with E-state index in [9.17, 15) is 0 Å². The molecule has 0 radical (unpaired) electrons. The first-order chi connectivity index (χ1) is 9.74. The van der Waals surface area contributed by atoms with Gasteiger partial charge in [0.25, 0.3) is 0 Å². The molecule has 3 rings (SSSR count). The number of halogens is 1. The van der Waals surface area contributed by atoms with Gasteiger partial charge in [-0.2, -0.15) is 4.98 Å². The Kier molecular flexibility index (Phi) is 3.59. The summed E-state index contributed by atoms with van der Waals surface area (Å²) < 4.78 is 7.60. The summed E-state index contributed by atoms with van der Waals surface area (Å²) in [4.78, 5) is 9.36. The minimum absolute atomic E-state index is 0.176. The number of rotatable bonds is 5. The van der Waals surface area contributed by atoms with E-state index in [0.29, 0.717) is 11.8 Å². The minimum atomic E-state index is 0.176. The topological polar surface area (TPSA) is 39.9 Å². The largest absolute Gasteiger partial charge is 0.481 e. The maximum atomic E-state index is 5.95. The molecule has 1 saturated carbocycles. The standard InChI is InChI=1S/C15H20ClN3O/c1-3-15(8-4-9-15)19-12(7-10-16)17-11-5-6-13(20-2)18-14(11)19/h5-6H,3-4,7-10H2,1-2H3. The predicted molar refractivity (Wildman–Crippen MR) is 80.6 cm³/mol. The van der Waals surface area contributed by atoms with Crippen molar-refractivity contribution in [2.45, 2.75) is 44.6 Å². The number of fused-ring (bicyclic) bond motifs is 1. The zero-order chi connectivity index (χ0) is 14.2. The first-order valence-corrected chi connectivity index (χ1v) is 7.76. The molecule has 4 nitrogen and oxygen atoms in total. The number of alkyl halides is 1. The van der Waals surface area contributed by atoms with Crippen LogP contribution in [0, 0.1) is 0 Å². The fourth-order valence-electron chi connectivity index (χ4n) is 3.17. The van der Waals surface area contributed by atoms with Crippen molar-refractivity contribution in [3.05, 3.63) is 18.0 Å². The van der Waals surface area contributed by atoms with Crippen LogP contribution in [0.3, 0.4) is 0 Å². The monoisotopic (exact) mass is 293 g/mol. The lowest BCUT2D eigenvalue weighted by Crippen LogP contribution is -2.41. The van der Waals surface area contributed by atoms with Crippen LogP contribution >= 0.6 is 11.6 Å². The predicted octanol–water partition coefficient (Wildman–Crippen LogP) is 3.51. The molecule has 1 aliphatic rings. The van der Waals surface area contributed by atoms with Crippen molar-refractivity contribution in [2.75, 3.05) is 13.0 Å². The van der Waals surface area contributed by atoms with E-state index in [1.54, 1.807) is 7.11 Å². The molecule has 0 unspecified atom stereocenters. The number of aryl methyl sites for hydroxylation is 1. The highest BCUT2D eigenvalue weighted by molar-refractivity contribution is 6.17. The van der Waals surface area contributed by atoms with Crippen LogP contribution in [0.5, 0.6) is 5.88 Å². The van der Waals surface area contributed by atoms with Gasteiger partial charge in [0.15, 0.2) is 5.65 Å². The van der Waals surface area contributed by atoms with E-state index in [4.69, 9.17) is 21.3 Å². The number of nitrogens with zero attached hydrogens (tertiary/aromatic N) is 3. The van der Waals surface area contributed by atoms with Crippen molar-refractivity contribution >= 4 is 22.8 Å². The fourth-order valence-corrected chi connectivity index (χ4v) is 3.34. The number of ether oxygens (including phenoxy) is 1. The summed E-state index contributed by atoms with van der Waals surface area (Å²) in [6, 6.07) is 3.85. The number of methoxy groups -OCH3 is 1. The van der Waals surface area contributed by atoms with E-state index < -0.39 is 0 Å². The van der Waals surface area contributed by atoms with Gasteiger partial charge in [-0.15, -0.1) is 11.6 Å². The van der Waals surface area contributed by atoms with E-state index in [-0.39, 0.29) is 5.54 Å². The molecule has 0 amide bonds. The maximum Gasteiger partial charge on any atom is 0.215 e. The summed E-state index contributed by atoms with van der Waals surface area (Å²) in [5.74, 6) is 2.28. The quantitative estimate of drug-likeness (QED) is 0.792. The highest BCUT2D eigenvalue weighted by Crippen LogP contribution is 2.44. The van der Waals surface area contributed by atoms with Crippen molar-refractivity contribution in [2.24, 2.45) is 0 Å². The third-order valence-corrected chi connectivity index (χ3v) is 4.68. The molecule has 2 heterocycles. The van der Waals surface area contributed by atoms with Crippen molar-refractivity contribution < 1.29 is 4.74 Å². The van der Waals surface area contributed by atoms with Gasteiger partial charge in [-0.1, -0.05) is 6.92 Å². The van der Waals surface area contributed by atoms with Crippen LogP contribution in [-0.2, 0) is 12.0 Å². The van der Waals surface area contributed by atoms with Gasteiger partial charge in [-0.05, 0) is 31.7 Å². The molecule has 0 spiro atoms. The van der Waals surface area contributed by atoms with Crippen LogP contribution in [0.1, 0.15) is 38.4 Å². The third kappa shape index (κ3) is 1.97. The van der Waals surface area contributed by atoms with Crippen LogP contribution in [0.15, 0.2) is 12.1 Å².